The van der Waals surface area contributed by atoms with Gasteiger partial charge in [-0.05, 0) is 17.7 Å². The fraction of sp³-hybridized carbons (Fsp3) is 0.154. The van der Waals surface area contributed by atoms with E-state index in [2.05, 4.69) is 4.98 Å². The Balaban J connectivity index is 2.68. The Kier molecular flexibility index (Phi) is 3.75. The Hall–Kier alpha value is -1.97. The largest absolute Gasteiger partial charge is 0.431 e. The molecule has 0 radical (unpaired) electrons. The first-order valence-electron chi connectivity index (χ1n) is 5.56. The van der Waals surface area contributed by atoms with E-state index in [-0.39, 0.29) is 23.4 Å². The number of alkyl halides is 3. The van der Waals surface area contributed by atoms with Crippen LogP contribution in [0, 0.1) is 11.3 Å². The van der Waals surface area contributed by atoms with Crippen LogP contribution in [0.3, 0.4) is 0 Å². The first-order valence-corrected chi connectivity index (χ1v) is 5.94. The van der Waals surface area contributed by atoms with Crippen molar-refractivity contribution < 1.29 is 13.2 Å². The van der Waals surface area contributed by atoms with Crippen LogP contribution < -0.4 is 5.73 Å². The smallest absolute Gasteiger partial charge is 0.350 e. The third-order valence-corrected chi connectivity index (χ3v) is 3.09. The molecule has 0 spiro atoms. The highest BCUT2D eigenvalue weighted by Gasteiger charge is 2.37. The van der Waals surface area contributed by atoms with Crippen LogP contribution in [-0.2, 0) is 12.7 Å². The van der Waals surface area contributed by atoms with Gasteiger partial charge in [-0.15, -0.1) is 0 Å². The summed E-state index contributed by atoms with van der Waals surface area (Å²) >= 11 is 5.73. The van der Waals surface area contributed by atoms with E-state index < -0.39 is 11.9 Å². The zero-order valence-electron chi connectivity index (χ0n) is 10.1. The van der Waals surface area contributed by atoms with Crippen molar-refractivity contribution in [3.63, 3.8) is 0 Å². The van der Waals surface area contributed by atoms with Crippen molar-refractivity contribution in [3.05, 3.63) is 46.1 Å². The Labute approximate surface area is 117 Å². The zero-order chi connectivity index (χ0) is 14.9. The summed E-state index contributed by atoms with van der Waals surface area (Å²) in [5.74, 6) is 0. The van der Waals surface area contributed by atoms with Crippen molar-refractivity contribution in [1.82, 2.24) is 4.98 Å². The van der Waals surface area contributed by atoms with Gasteiger partial charge in [-0.25, -0.2) is 0 Å². The number of rotatable bonds is 2. The Morgan fingerprint density at radius 3 is 2.30 bits per heavy atom. The number of nitriles is 1. The average Bonchev–Trinajstić information content (AvgIpc) is 2.77. The van der Waals surface area contributed by atoms with Gasteiger partial charge in [0.15, 0.2) is 0 Å². The SMILES string of the molecule is N#Cc1c(-c2ccc(Cl)cc2)[nH]c(C(F)(F)F)c1CN. The second-order valence-electron chi connectivity index (χ2n) is 4.05. The van der Waals surface area contributed by atoms with E-state index in [4.69, 9.17) is 22.6 Å². The molecule has 3 N–H and O–H groups in total. The molecule has 7 heteroatoms. The monoisotopic (exact) mass is 299 g/mol. The number of hydrogen-bond acceptors (Lipinski definition) is 2. The predicted molar refractivity (Wildman–Crippen MR) is 68.8 cm³/mol. The molecule has 1 aromatic carbocycles. The molecule has 2 aromatic rings. The summed E-state index contributed by atoms with van der Waals surface area (Å²) in [4.78, 5) is 2.26. The van der Waals surface area contributed by atoms with Crippen molar-refractivity contribution >= 4 is 11.6 Å². The third kappa shape index (κ3) is 2.50. The van der Waals surface area contributed by atoms with Crippen molar-refractivity contribution in [2.75, 3.05) is 0 Å². The van der Waals surface area contributed by atoms with Crippen LogP contribution in [-0.4, -0.2) is 4.98 Å². The molecule has 3 nitrogen and oxygen atoms in total. The van der Waals surface area contributed by atoms with Gasteiger partial charge in [-0.2, -0.15) is 18.4 Å². The van der Waals surface area contributed by atoms with E-state index >= 15 is 0 Å². The Bertz CT molecular complexity index is 666. The van der Waals surface area contributed by atoms with Gasteiger partial charge >= 0.3 is 6.18 Å². The van der Waals surface area contributed by atoms with Crippen molar-refractivity contribution in [2.24, 2.45) is 5.73 Å². The van der Waals surface area contributed by atoms with E-state index in [1.807, 2.05) is 0 Å². The number of aromatic amines is 1. The summed E-state index contributed by atoms with van der Waals surface area (Å²) in [6.45, 7) is -0.373. The van der Waals surface area contributed by atoms with Crippen molar-refractivity contribution in [2.45, 2.75) is 12.7 Å². The van der Waals surface area contributed by atoms with Gasteiger partial charge in [0.2, 0.25) is 0 Å². The molecule has 0 fully saturated rings. The molecule has 20 heavy (non-hydrogen) atoms. The maximum Gasteiger partial charge on any atom is 0.431 e. The van der Waals surface area contributed by atoms with E-state index in [0.29, 0.717) is 10.6 Å². The lowest BCUT2D eigenvalue weighted by Gasteiger charge is -2.05. The zero-order valence-corrected chi connectivity index (χ0v) is 10.8. The van der Waals surface area contributed by atoms with Gasteiger partial charge in [0.05, 0.1) is 11.3 Å². The van der Waals surface area contributed by atoms with Crippen LogP contribution in [0.25, 0.3) is 11.3 Å². The lowest BCUT2D eigenvalue weighted by molar-refractivity contribution is -0.141. The van der Waals surface area contributed by atoms with Crippen molar-refractivity contribution in [3.8, 4) is 17.3 Å². The van der Waals surface area contributed by atoms with Gasteiger partial charge in [-0.3, -0.25) is 0 Å². The van der Waals surface area contributed by atoms with Crippen LogP contribution in [0.15, 0.2) is 24.3 Å². The fourth-order valence-corrected chi connectivity index (χ4v) is 2.07. The van der Waals surface area contributed by atoms with Crippen molar-refractivity contribution in [1.29, 1.82) is 5.26 Å². The van der Waals surface area contributed by atoms with Crippen LogP contribution in [0.5, 0.6) is 0 Å². The number of hydrogen-bond donors (Lipinski definition) is 2. The molecule has 0 aliphatic carbocycles. The van der Waals surface area contributed by atoms with Crippen LogP contribution in [0.1, 0.15) is 16.8 Å². The van der Waals surface area contributed by atoms with Gasteiger partial charge in [0.1, 0.15) is 11.8 Å². The minimum Gasteiger partial charge on any atom is -0.350 e. The molecule has 0 unspecified atom stereocenters. The highest BCUT2D eigenvalue weighted by atomic mass is 35.5. The van der Waals surface area contributed by atoms with E-state index in [1.54, 1.807) is 6.07 Å². The standard InChI is InChI=1S/C13H9ClF3N3/c14-8-3-1-7(2-4-8)11-9(5-18)10(6-19)12(20-11)13(15,16)17/h1-4,20H,6,19H2. The molecule has 2 rings (SSSR count). The predicted octanol–water partition coefficient (Wildman–Crippen LogP) is 3.68. The Morgan fingerprint density at radius 2 is 1.85 bits per heavy atom. The molecular weight excluding hydrogens is 291 g/mol. The number of benzene rings is 1. The normalized spacial score (nSPS) is 11.4. The molecule has 0 aliphatic heterocycles. The topological polar surface area (TPSA) is 65.6 Å². The lowest BCUT2D eigenvalue weighted by Crippen LogP contribution is -2.11. The summed E-state index contributed by atoms with van der Waals surface area (Å²) in [5.41, 5.74) is 4.57. The molecule has 1 aromatic heterocycles. The summed E-state index contributed by atoms with van der Waals surface area (Å²) in [6, 6.07) is 7.92. The second kappa shape index (κ2) is 5.19. The van der Waals surface area contributed by atoms with E-state index in [0.717, 1.165) is 0 Å². The van der Waals surface area contributed by atoms with Crippen LogP contribution in [0.4, 0.5) is 13.2 Å². The number of aromatic nitrogens is 1. The Morgan fingerprint density at radius 1 is 1.25 bits per heavy atom. The van der Waals surface area contributed by atoms with Gasteiger partial charge in [-0.1, -0.05) is 23.7 Å². The first kappa shape index (κ1) is 14.4. The fourth-order valence-electron chi connectivity index (χ4n) is 1.94. The van der Waals surface area contributed by atoms with Gasteiger partial charge in [0.25, 0.3) is 0 Å². The number of nitrogens with one attached hydrogen (secondary N) is 1. The second-order valence-corrected chi connectivity index (χ2v) is 4.49. The van der Waals surface area contributed by atoms with Gasteiger partial charge < -0.3 is 10.7 Å². The van der Waals surface area contributed by atoms with E-state index in [1.165, 1.54) is 24.3 Å². The maximum absolute atomic E-state index is 12.9. The maximum atomic E-state index is 12.9. The summed E-state index contributed by atoms with van der Waals surface area (Å²) in [6.07, 6.45) is -4.59. The minimum absolute atomic E-state index is 0.0944. The first-order chi connectivity index (χ1) is 9.38. The molecule has 0 amide bonds. The number of halogens is 4. The average molecular weight is 300 g/mol. The third-order valence-electron chi connectivity index (χ3n) is 2.84. The molecule has 0 aliphatic rings. The summed E-state index contributed by atoms with van der Waals surface area (Å²) < 4.78 is 38.8. The summed E-state index contributed by atoms with van der Waals surface area (Å²) in [5, 5.41) is 9.56. The molecule has 0 bridgehead atoms. The molecule has 0 atom stereocenters. The molecule has 1 heterocycles. The molecular formula is C13H9ClF3N3. The van der Waals surface area contributed by atoms with E-state index in [9.17, 15) is 13.2 Å². The number of nitrogens with two attached hydrogens (primary N) is 1. The molecule has 0 saturated carbocycles. The minimum atomic E-state index is -4.59. The highest BCUT2D eigenvalue weighted by Crippen LogP contribution is 2.37. The highest BCUT2D eigenvalue weighted by molar-refractivity contribution is 6.30. The van der Waals surface area contributed by atoms with Crippen LogP contribution in [0.2, 0.25) is 5.02 Å². The lowest BCUT2D eigenvalue weighted by atomic mass is 10.0. The van der Waals surface area contributed by atoms with Gasteiger partial charge in [0, 0.05) is 17.1 Å². The molecule has 104 valence electrons. The number of H-pyrrole nitrogens is 1. The van der Waals surface area contributed by atoms with Crippen LogP contribution >= 0.6 is 11.6 Å². The quantitative estimate of drug-likeness (QED) is 0.888. The number of nitrogens with zero attached hydrogens (tertiary/aromatic N) is 1. The summed E-state index contributed by atoms with van der Waals surface area (Å²) in [7, 11) is 0. The molecule has 0 saturated heterocycles.